The molecule has 6 aliphatic rings. The summed E-state index contributed by atoms with van der Waals surface area (Å²) in [5.41, 5.74) is 12.9. The fourth-order valence-electron chi connectivity index (χ4n) is 11.9. The van der Waals surface area contributed by atoms with Gasteiger partial charge in [0.1, 0.15) is 121 Å². The van der Waals surface area contributed by atoms with Crippen molar-refractivity contribution >= 4 is 58.7 Å². The summed E-state index contributed by atoms with van der Waals surface area (Å²) in [6, 6.07) is 4.54. The summed E-state index contributed by atoms with van der Waals surface area (Å²) in [6.45, 7) is -3.25. The molecule has 3 aromatic rings. The maximum atomic E-state index is 15.2. The molecule has 0 aliphatic carbocycles. The number of amides is 6. The Morgan fingerprint density at radius 3 is 1.90 bits per heavy atom. The number of hydrogen-bond donors (Lipinski definition) is 22. The second-order valence-electron chi connectivity index (χ2n) is 24.0. The van der Waals surface area contributed by atoms with E-state index in [0.29, 0.717) is 5.56 Å². The molecule has 9 rings (SSSR count). The highest BCUT2D eigenvalue weighted by Gasteiger charge is 2.54. The Labute approximate surface area is 556 Å². The Kier molecular flexibility index (Phi) is 25.1. The van der Waals surface area contributed by atoms with Gasteiger partial charge in [0.15, 0.2) is 24.4 Å². The molecule has 37 nitrogen and oxygen atoms in total. The lowest BCUT2D eigenvalue weighted by molar-refractivity contribution is -0.353. The summed E-state index contributed by atoms with van der Waals surface area (Å²) in [5, 5.41) is 162. The molecule has 97 heavy (non-hydrogen) atoms. The van der Waals surface area contributed by atoms with Crippen molar-refractivity contribution in [2.24, 2.45) is 21.5 Å². The van der Waals surface area contributed by atoms with Gasteiger partial charge in [0.25, 0.3) is 0 Å². The number of aliphatic hydroxyl groups excluding tert-OH is 13. The number of aliphatic hydroxyl groups is 13. The summed E-state index contributed by atoms with van der Waals surface area (Å²) in [6.07, 6.45) is -31.2. The van der Waals surface area contributed by atoms with Gasteiger partial charge in [0.05, 0.1) is 64.8 Å². The highest BCUT2D eigenvalue weighted by Crippen LogP contribution is 2.33. The van der Waals surface area contributed by atoms with E-state index in [-0.39, 0.29) is 37.0 Å². The molecular formula is C59H82N12O25S. The number of benzene rings is 2. The van der Waals surface area contributed by atoms with E-state index < -0.39 is 233 Å². The van der Waals surface area contributed by atoms with Crippen LogP contribution in [0, 0.1) is 0 Å². The minimum absolute atomic E-state index is 0.0611. The van der Waals surface area contributed by atoms with Crippen molar-refractivity contribution < 1.29 is 124 Å². The van der Waals surface area contributed by atoms with E-state index >= 15 is 9.59 Å². The van der Waals surface area contributed by atoms with Crippen molar-refractivity contribution in [2.75, 3.05) is 46.1 Å². The van der Waals surface area contributed by atoms with Crippen molar-refractivity contribution in [1.82, 2.24) is 42.1 Å². The van der Waals surface area contributed by atoms with E-state index in [1.165, 1.54) is 35.6 Å². The van der Waals surface area contributed by atoms with Crippen molar-refractivity contribution in [1.29, 1.82) is 0 Å². The third-order valence-corrected chi connectivity index (χ3v) is 18.3. The first kappa shape index (κ1) is 73.8. The summed E-state index contributed by atoms with van der Waals surface area (Å²) >= 11 is 1.41. The molecule has 6 aliphatic heterocycles. The van der Waals surface area contributed by atoms with Crippen molar-refractivity contribution in [3.05, 3.63) is 88.1 Å². The average molecular weight is 1390 g/mol. The van der Waals surface area contributed by atoms with Gasteiger partial charge in [-0.05, 0) is 34.7 Å². The van der Waals surface area contributed by atoms with Crippen LogP contribution in [0.2, 0.25) is 0 Å². The SMILES string of the molecule is CC(c1ccccc1)C1NC(=O)CNC(=O)C(CO)NC(=O)C(C(O)C2CN=C(N)N2C2OC(CO)C(O)C(O)C2O)NC(=O)C(C(O)C2CN=C(N)N2)NC(=O)C(Cc2ccc(OC3OC(CO)C(OC4OC(COCc5cccs5)C(O)C(O)C4O)C(O)C3O)cc2)NC1=O. The number of ether oxygens (including phenoxy) is 6. The molecule has 0 saturated carbocycles. The first-order valence-electron chi connectivity index (χ1n) is 30.9. The number of rotatable bonds is 20. The minimum Gasteiger partial charge on any atom is -0.462 e. The highest BCUT2D eigenvalue weighted by atomic mass is 32.1. The Bertz CT molecular complexity index is 3220. The summed E-state index contributed by atoms with van der Waals surface area (Å²) in [4.78, 5) is 97.2. The van der Waals surface area contributed by atoms with E-state index in [2.05, 4.69) is 47.2 Å². The molecule has 1 aromatic heterocycles. The van der Waals surface area contributed by atoms with Crippen LogP contribution in [0.1, 0.15) is 28.8 Å². The van der Waals surface area contributed by atoms with E-state index in [4.69, 9.17) is 39.9 Å². The van der Waals surface area contributed by atoms with Crippen LogP contribution in [-0.2, 0) is 65.5 Å². The molecule has 38 heteroatoms. The van der Waals surface area contributed by atoms with E-state index in [0.717, 1.165) is 9.78 Å². The molecule has 0 bridgehead atoms. The molecule has 25 unspecified atom stereocenters. The number of hydrogen-bond acceptors (Lipinski definition) is 32. The molecule has 0 radical (unpaired) electrons. The molecule has 25 atom stereocenters. The lowest BCUT2D eigenvalue weighted by Gasteiger charge is -2.46. The molecule has 4 saturated heterocycles. The second kappa shape index (κ2) is 33.0. The van der Waals surface area contributed by atoms with Gasteiger partial charge in [-0.1, -0.05) is 55.5 Å². The van der Waals surface area contributed by atoms with Gasteiger partial charge in [-0.15, -0.1) is 11.3 Å². The molecule has 4 fully saturated rings. The number of aliphatic imine (C=N–C) groups is 2. The number of nitrogens with two attached hydrogens (primary N) is 2. The molecule has 6 amide bonds. The molecule has 0 spiro atoms. The van der Waals surface area contributed by atoms with Crippen molar-refractivity contribution in [3.63, 3.8) is 0 Å². The van der Waals surface area contributed by atoms with Crippen LogP contribution in [0.5, 0.6) is 5.75 Å². The monoisotopic (exact) mass is 1390 g/mol. The average Bonchev–Trinajstić information content (AvgIpc) is 1.76. The Morgan fingerprint density at radius 1 is 0.608 bits per heavy atom. The number of carbonyl (C=O) groups is 6. The third-order valence-electron chi connectivity index (χ3n) is 17.4. The van der Waals surface area contributed by atoms with Gasteiger partial charge in [-0.3, -0.25) is 38.8 Å². The number of guanidine groups is 2. The fraction of sp³-hybridized carbons (Fsp3) is 0.593. The van der Waals surface area contributed by atoms with E-state index in [1.807, 2.05) is 17.5 Å². The Morgan fingerprint density at radius 2 is 1.24 bits per heavy atom. The van der Waals surface area contributed by atoms with Crippen LogP contribution in [-0.4, -0.2) is 311 Å². The molecule has 534 valence electrons. The maximum Gasteiger partial charge on any atom is 0.246 e. The lowest BCUT2D eigenvalue weighted by atomic mass is 9.92. The van der Waals surface area contributed by atoms with Gasteiger partial charge in [0, 0.05) is 17.2 Å². The first-order valence-corrected chi connectivity index (χ1v) is 31.8. The van der Waals surface area contributed by atoms with Crippen LogP contribution >= 0.6 is 11.3 Å². The zero-order valence-corrected chi connectivity index (χ0v) is 52.7. The maximum absolute atomic E-state index is 15.2. The molecule has 24 N–H and O–H groups in total. The Hall–Kier alpha value is -7.42. The topological polar surface area (TPSA) is 585 Å². The normalized spacial score (nSPS) is 36.0. The predicted molar refractivity (Wildman–Crippen MR) is 330 cm³/mol. The fourth-order valence-corrected chi connectivity index (χ4v) is 12.5. The quantitative estimate of drug-likeness (QED) is 0.0499. The first-order chi connectivity index (χ1) is 46.3. The summed E-state index contributed by atoms with van der Waals surface area (Å²) in [7, 11) is 0. The predicted octanol–water partition coefficient (Wildman–Crippen LogP) is -11.3. The van der Waals surface area contributed by atoms with Crippen LogP contribution < -0.4 is 53.4 Å². The number of nitrogens with zero attached hydrogens (tertiary/aromatic N) is 3. The minimum atomic E-state index is -2.35. The number of carbonyl (C=O) groups excluding carboxylic acids is 6. The van der Waals surface area contributed by atoms with Crippen LogP contribution in [0.25, 0.3) is 0 Å². The van der Waals surface area contributed by atoms with Crippen LogP contribution in [0.15, 0.2) is 82.1 Å². The van der Waals surface area contributed by atoms with Crippen molar-refractivity contribution in [2.45, 2.75) is 172 Å². The zero-order valence-electron chi connectivity index (χ0n) is 51.8. The van der Waals surface area contributed by atoms with E-state index in [1.54, 1.807) is 37.3 Å². The molecular weight excluding hydrogens is 1310 g/mol. The van der Waals surface area contributed by atoms with Crippen LogP contribution in [0.3, 0.4) is 0 Å². The largest absolute Gasteiger partial charge is 0.462 e. The molecule has 7 heterocycles. The van der Waals surface area contributed by atoms with Gasteiger partial charge < -0.3 is 148 Å². The van der Waals surface area contributed by atoms with E-state index in [9.17, 15) is 85.6 Å². The lowest BCUT2D eigenvalue weighted by Crippen LogP contribution is -2.70. The number of nitrogens with one attached hydrogen (secondary N) is 7. The van der Waals surface area contributed by atoms with Gasteiger partial charge in [-0.25, -0.2) is 0 Å². The van der Waals surface area contributed by atoms with Crippen molar-refractivity contribution in [3.8, 4) is 5.75 Å². The highest BCUT2D eigenvalue weighted by molar-refractivity contribution is 7.09. The van der Waals surface area contributed by atoms with Gasteiger partial charge >= 0.3 is 0 Å². The summed E-state index contributed by atoms with van der Waals surface area (Å²) < 4.78 is 34.7. The molecule has 2 aromatic carbocycles. The number of thiophene rings is 1. The zero-order chi connectivity index (χ0) is 70.1. The van der Waals surface area contributed by atoms with Gasteiger partial charge in [-0.2, -0.15) is 0 Å². The summed E-state index contributed by atoms with van der Waals surface area (Å²) in [5.74, 6) is -8.96. The second-order valence-corrected chi connectivity index (χ2v) is 25.0. The van der Waals surface area contributed by atoms with Gasteiger partial charge in [0.2, 0.25) is 41.7 Å². The third kappa shape index (κ3) is 17.2. The standard InChI is InChI=1S/C59H82N12O25S/c1-23(25-6-3-2-4-7-25)36-52(88)65-28(14-24-9-11-26(12-10-24)92-56-48(85)45(82)49(33(20-74)94-56)96-57-47(84)44(81)42(79)34(95-57)22-91-21-27-8-5-13-97-27)51(87)69-37(39(76)29-15-63-58(60)67-29)54(90)70-38(53(89)66-30(18-72)50(86)62-17-35(75)68-36)40(77)31-16-64-59(61)71(31)55-46(83)43(80)41(78)32(19-73)93-55/h2-13,23,28-34,36-49,55-57,72-74,76-85H,14-22H2,1H3,(H2,61,64)(H,62,86)(H,65,88)(H,66,89)(H,68,75)(H,69,87)(H,70,90)(H3,60,63,67). The Balaban J connectivity index is 0.989. The smallest absolute Gasteiger partial charge is 0.246 e. The van der Waals surface area contributed by atoms with Crippen LogP contribution in [0.4, 0.5) is 0 Å².